The predicted molar refractivity (Wildman–Crippen MR) is 57.7 cm³/mol. The molecule has 0 radical (unpaired) electrons. The SMILES string of the molecule is Cc1cnn(-c2cnn3ccc(=O)[nH]c23)c1. The summed E-state index contributed by atoms with van der Waals surface area (Å²) in [6.07, 6.45) is 6.92. The lowest BCUT2D eigenvalue weighted by molar-refractivity contribution is 0.883. The van der Waals surface area contributed by atoms with Gasteiger partial charge in [-0.15, -0.1) is 0 Å². The molecule has 0 spiro atoms. The van der Waals surface area contributed by atoms with Crippen molar-refractivity contribution in [3.63, 3.8) is 0 Å². The maximum absolute atomic E-state index is 11.2. The molecule has 3 rings (SSSR count). The molecule has 0 aromatic carbocycles. The van der Waals surface area contributed by atoms with Crippen LogP contribution in [0.5, 0.6) is 0 Å². The van der Waals surface area contributed by atoms with Gasteiger partial charge < -0.3 is 4.98 Å². The summed E-state index contributed by atoms with van der Waals surface area (Å²) in [4.78, 5) is 14.0. The Hall–Kier alpha value is -2.37. The first-order valence-corrected chi connectivity index (χ1v) is 4.82. The number of hydrogen-bond donors (Lipinski definition) is 1. The highest BCUT2D eigenvalue weighted by Crippen LogP contribution is 2.11. The summed E-state index contributed by atoms with van der Waals surface area (Å²) in [5.41, 5.74) is 2.29. The van der Waals surface area contributed by atoms with Gasteiger partial charge in [-0.05, 0) is 12.5 Å². The van der Waals surface area contributed by atoms with Crippen LogP contribution in [0.1, 0.15) is 5.56 Å². The van der Waals surface area contributed by atoms with Crippen molar-refractivity contribution < 1.29 is 0 Å². The third-order valence-electron chi connectivity index (χ3n) is 2.34. The van der Waals surface area contributed by atoms with E-state index in [1.165, 1.54) is 6.07 Å². The number of H-pyrrole nitrogens is 1. The Kier molecular flexibility index (Phi) is 1.70. The molecule has 0 aliphatic carbocycles. The minimum absolute atomic E-state index is 0.155. The molecule has 3 aromatic heterocycles. The van der Waals surface area contributed by atoms with Crippen LogP contribution in [0.3, 0.4) is 0 Å². The van der Waals surface area contributed by atoms with Gasteiger partial charge in [0.2, 0.25) is 0 Å². The summed E-state index contributed by atoms with van der Waals surface area (Å²) < 4.78 is 3.29. The van der Waals surface area contributed by atoms with E-state index in [0.717, 1.165) is 11.3 Å². The monoisotopic (exact) mass is 215 g/mol. The maximum Gasteiger partial charge on any atom is 0.251 e. The molecule has 1 N–H and O–H groups in total. The van der Waals surface area contributed by atoms with Crippen LogP contribution in [-0.2, 0) is 0 Å². The highest BCUT2D eigenvalue weighted by atomic mass is 16.1. The molecule has 0 unspecified atom stereocenters. The fraction of sp³-hybridized carbons (Fsp3) is 0.100. The van der Waals surface area contributed by atoms with Crippen LogP contribution >= 0.6 is 0 Å². The number of aromatic amines is 1. The Bertz CT molecular complexity index is 705. The van der Waals surface area contributed by atoms with Crippen LogP contribution in [0.25, 0.3) is 11.3 Å². The van der Waals surface area contributed by atoms with Gasteiger partial charge in [-0.2, -0.15) is 10.2 Å². The summed E-state index contributed by atoms with van der Waals surface area (Å²) in [6, 6.07) is 1.43. The highest BCUT2D eigenvalue weighted by Gasteiger charge is 2.07. The Labute approximate surface area is 90.1 Å². The number of nitrogens with zero attached hydrogens (tertiary/aromatic N) is 4. The van der Waals surface area contributed by atoms with Crippen molar-refractivity contribution in [2.75, 3.05) is 0 Å². The van der Waals surface area contributed by atoms with Gasteiger partial charge in [-0.1, -0.05) is 0 Å². The lowest BCUT2D eigenvalue weighted by atomic mass is 10.4. The van der Waals surface area contributed by atoms with E-state index in [2.05, 4.69) is 15.2 Å². The normalized spacial score (nSPS) is 11.1. The molecule has 16 heavy (non-hydrogen) atoms. The molecule has 6 nitrogen and oxygen atoms in total. The van der Waals surface area contributed by atoms with Gasteiger partial charge in [-0.3, -0.25) is 4.79 Å². The van der Waals surface area contributed by atoms with Crippen molar-refractivity contribution in [1.82, 2.24) is 24.4 Å². The molecule has 3 heterocycles. The number of aryl methyl sites for hydroxylation is 1. The number of rotatable bonds is 1. The molecule has 0 bridgehead atoms. The Morgan fingerprint density at radius 2 is 2.19 bits per heavy atom. The molecule has 0 fully saturated rings. The van der Waals surface area contributed by atoms with Gasteiger partial charge in [0, 0.05) is 18.5 Å². The molecule has 3 aromatic rings. The summed E-state index contributed by atoms with van der Waals surface area (Å²) in [6.45, 7) is 1.96. The molecule has 0 saturated heterocycles. The van der Waals surface area contributed by atoms with Gasteiger partial charge >= 0.3 is 0 Å². The predicted octanol–water partition coefficient (Wildman–Crippen LogP) is 0.517. The average Bonchev–Trinajstić information content (AvgIpc) is 2.83. The summed E-state index contributed by atoms with van der Waals surface area (Å²) in [5.74, 6) is 0. The van der Waals surface area contributed by atoms with E-state index in [9.17, 15) is 4.79 Å². The van der Waals surface area contributed by atoms with Crippen molar-refractivity contribution in [1.29, 1.82) is 0 Å². The zero-order valence-electron chi connectivity index (χ0n) is 8.58. The van der Waals surface area contributed by atoms with E-state index >= 15 is 0 Å². The Morgan fingerprint density at radius 1 is 1.31 bits per heavy atom. The van der Waals surface area contributed by atoms with Crippen LogP contribution in [0, 0.1) is 6.92 Å². The van der Waals surface area contributed by atoms with Crippen molar-refractivity contribution in [2.45, 2.75) is 6.92 Å². The van der Waals surface area contributed by atoms with Crippen molar-refractivity contribution in [2.24, 2.45) is 0 Å². The van der Waals surface area contributed by atoms with Gasteiger partial charge in [-0.25, -0.2) is 9.20 Å². The third kappa shape index (κ3) is 1.23. The molecular formula is C10H9N5O. The second-order valence-corrected chi connectivity index (χ2v) is 3.59. The van der Waals surface area contributed by atoms with Gasteiger partial charge in [0.05, 0.1) is 12.4 Å². The maximum atomic E-state index is 11.2. The fourth-order valence-corrected chi connectivity index (χ4v) is 1.60. The molecule has 0 amide bonds. The standard InChI is InChI=1S/C10H9N5O/c1-7-4-11-15(6-7)8-5-12-14-3-2-9(16)13-10(8)14/h2-6H,1H3,(H,13,16). The highest BCUT2D eigenvalue weighted by molar-refractivity contribution is 5.56. The molecule has 0 saturated carbocycles. The molecule has 0 atom stereocenters. The van der Waals surface area contributed by atoms with E-state index in [4.69, 9.17) is 0 Å². The third-order valence-corrected chi connectivity index (χ3v) is 2.34. The first-order valence-electron chi connectivity index (χ1n) is 4.82. The molecule has 0 aliphatic rings. The van der Waals surface area contributed by atoms with E-state index in [0.29, 0.717) is 5.65 Å². The first-order chi connectivity index (χ1) is 7.74. The second-order valence-electron chi connectivity index (χ2n) is 3.59. The van der Waals surface area contributed by atoms with Crippen LogP contribution in [0.15, 0.2) is 35.6 Å². The van der Waals surface area contributed by atoms with Crippen LogP contribution in [0.2, 0.25) is 0 Å². The Balaban J connectivity index is 2.31. The molecular weight excluding hydrogens is 206 g/mol. The minimum atomic E-state index is -0.155. The number of fused-ring (bicyclic) bond motifs is 1. The van der Waals surface area contributed by atoms with Crippen molar-refractivity contribution >= 4 is 5.65 Å². The lowest BCUT2D eigenvalue weighted by Crippen LogP contribution is -2.07. The lowest BCUT2D eigenvalue weighted by Gasteiger charge is -1.97. The van der Waals surface area contributed by atoms with Crippen LogP contribution < -0.4 is 5.56 Å². The van der Waals surface area contributed by atoms with E-state index in [1.807, 2.05) is 13.1 Å². The van der Waals surface area contributed by atoms with E-state index in [1.54, 1.807) is 27.8 Å². The van der Waals surface area contributed by atoms with Crippen LogP contribution in [0.4, 0.5) is 0 Å². The zero-order chi connectivity index (χ0) is 11.1. The molecule has 0 aliphatic heterocycles. The number of aromatic nitrogens is 5. The van der Waals surface area contributed by atoms with E-state index in [-0.39, 0.29) is 5.56 Å². The van der Waals surface area contributed by atoms with E-state index < -0.39 is 0 Å². The quantitative estimate of drug-likeness (QED) is 0.643. The molecule has 6 heteroatoms. The summed E-state index contributed by atoms with van der Waals surface area (Å²) in [5, 5.41) is 8.31. The van der Waals surface area contributed by atoms with Gasteiger partial charge in [0.1, 0.15) is 5.69 Å². The fourth-order valence-electron chi connectivity index (χ4n) is 1.60. The van der Waals surface area contributed by atoms with Crippen molar-refractivity contribution in [3.8, 4) is 5.69 Å². The Morgan fingerprint density at radius 3 is 2.94 bits per heavy atom. The number of nitrogens with one attached hydrogen (secondary N) is 1. The van der Waals surface area contributed by atoms with Gasteiger partial charge in [0.15, 0.2) is 5.65 Å². The summed E-state index contributed by atoms with van der Waals surface area (Å²) in [7, 11) is 0. The van der Waals surface area contributed by atoms with Crippen molar-refractivity contribution in [3.05, 3.63) is 46.8 Å². The summed E-state index contributed by atoms with van der Waals surface area (Å²) >= 11 is 0. The second kappa shape index (κ2) is 3.06. The van der Waals surface area contributed by atoms with Gasteiger partial charge in [0.25, 0.3) is 5.56 Å². The van der Waals surface area contributed by atoms with Crippen LogP contribution in [-0.4, -0.2) is 24.4 Å². The molecule has 80 valence electrons. The number of hydrogen-bond acceptors (Lipinski definition) is 3. The topological polar surface area (TPSA) is 68.0 Å². The first kappa shape index (κ1) is 8.90. The zero-order valence-corrected chi connectivity index (χ0v) is 8.58. The smallest absolute Gasteiger partial charge is 0.251 e. The minimum Gasteiger partial charge on any atom is -0.305 e. The largest absolute Gasteiger partial charge is 0.305 e. The average molecular weight is 215 g/mol.